The first-order valence-corrected chi connectivity index (χ1v) is 7.93. The quantitative estimate of drug-likeness (QED) is 0.892. The Morgan fingerprint density at radius 1 is 1.48 bits per heavy atom. The molecule has 4 nitrogen and oxygen atoms in total. The summed E-state index contributed by atoms with van der Waals surface area (Å²) < 4.78 is 5.84. The number of fused-ring (bicyclic) bond motifs is 1. The first kappa shape index (κ1) is 14.8. The maximum absolute atomic E-state index is 10.6. The molecule has 0 aliphatic carbocycles. The minimum atomic E-state index is -0.591. The summed E-state index contributed by atoms with van der Waals surface area (Å²) in [7, 11) is 2.07. The summed E-state index contributed by atoms with van der Waals surface area (Å²) in [4.78, 5) is 2.19. The molecule has 2 atom stereocenters. The number of aryl methyl sites for hydroxylation is 1. The maximum atomic E-state index is 10.6. The summed E-state index contributed by atoms with van der Waals surface area (Å²) >= 11 is 0. The van der Waals surface area contributed by atoms with Gasteiger partial charge in [0.1, 0.15) is 5.75 Å². The van der Waals surface area contributed by atoms with Crippen molar-refractivity contribution in [2.45, 2.75) is 37.8 Å². The molecule has 0 radical (unpaired) electrons. The molecule has 0 spiro atoms. The maximum Gasteiger partial charge on any atom is 0.124 e. The third kappa shape index (κ3) is 3.39. The Hall–Kier alpha value is -1.10. The van der Waals surface area contributed by atoms with Gasteiger partial charge < -0.3 is 20.1 Å². The van der Waals surface area contributed by atoms with Crippen molar-refractivity contribution in [3.63, 3.8) is 0 Å². The lowest BCUT2D eigenvalue weighted by molar-refractivity contribution is 0.0486. The molecule has 1 fully saturated rings. The number of hydrogen-bond acceptors (Lipinski definition) is 4. The van der Waals surface area contributed by atoms with Gasteiger partial charge in [-0.05, 0) is 39.3 Å². The van der Waals surface area contributed by atoms with Gasteiger partial charge in [0.25, 0.3) is 0 Å². The van der Waals surface area contributed by atoms with Crippen molar-refractivity contribution in [2.24, 2.45) is 0 Å². The second-order valence-corrected chi connectivity index (χ2v) is 6.68. The predicted molar refractivity (Wildman–Crippen MR) is 83.7 cm³/mol. The standard InChI is InChI=1S/C17H26N2O2/c1-13-5-6-16-14(10-13)15(4-3-9-21-16)18-11-17(20)7-8-19(2)12-17/h5-6,10,15,18,20H,3-4,7-9,11-12H2,1-2H3/t15-,17-/m0/s1. The van der Waals surface area contributed by atoms with E-state index in [1.165, 1.54) is 11.1 Å². The summed E-state index contributed by atoms with van der Waals surface area (Å²) in [5, 5.41) is 14.2. The molecular weight excluding hydrogens is 264 g/mol. The Kier molecular flexibility index (Phi) is 4.20. The van der Waals surface area contributed by atoms with E-state index in [0.717, 1.165) is 44.7 Å². The van der Waals surface area contributed by atoms with E-state index < -0.39 is 5.60 Å². The highest BCUT2D eigenvalue weighted by Gasteiger charge is 2.35. The van der Waals surface area contributed by atoms with Crippen molar-refractivity contribution in [1.29, 1.82) is 0 Å². The number of rotatable bonds is 3. The van der Waals surface area contributed by atoms with Crippen LogP contribution >= 0.6 is 0 Å². The Balaban J connectivity index is 1.72. The van der Waals surface area contributed by atoms with Gasteiger partial charge in [0.2, 0.25) is 0 Å². The fraction of sp³-hybridized carbons (Fsp3) is 0.647. The molecule has 0 aromatic heterocycles. The number of hydrogen-bond donors (Lipinski definition) is 2. The fourth-order valence-corrected chi connectivity index (χ4v) is 3.43. The molecule has 0 unspecified atom stereocenters. The molecule has 1 aromatic rings. The van der Waals surface area contributed by atoms with Crippen molar-refractivity contribution in [3.8, 4) is 5.75 Å². The number of ether oxygens (including phenoxy) is 1. The van der Waals surface area contributed by atoms with Crippen molar-refractivity contribution in [1.82, 2.24) is 10.2 Å². The van der Waals surface area contributed by atoms with E-state index in [9.17, 15) is 5.11 Å². The lowest BCUT2D eigenvalue weighted by Gasteiger charge is -2.27. The Morgan fingerprint density at radius 2 is 2.33 bits per heavy atom. The van der Waals surface area contributed by atoms with Crippen molar-refractivity contribution in [3.05, 3.63) is 29.3 Å². The van der Waals surface area contributed by atoms with Crippen LogP contribution in [0.2, 0.25) is 0 Å². The Morgan fingerprint density at radius 3 is 3.10 bits per heavy atom. The predicted octanol–water partition coefficient (Wildman–Crippen LogP) is 1.86. The van der Waals surface area contributed by atoms with Gasteiger partial charge in [-0.2, -0.15) is 0 Å². The molecule has 2 aliphatic rings. The molecule has 116 valence electrons. The molecule has 2 aliphatic heterocycles. The second kappa shape index (κ2) is 5.95. The van der Waals surface area contributed by atoms with Crippen LogP contribution in [0.1, 0.15) is 36.4 Å². The lowest BCUT2D eigenvalue weighted by atomic mass is 9.97. The number of likely N-dealkylation sites (N-methyl/N-ethyl adjacent to an activating group) is 1. The Labute approximate surface area is 127 Å². The summed E-state index contributed by atoms with van der Waals surface area (Å²) in [5.41, 5.74) is 1.90. The van der Waals surface area contributed by atoms with Crippen LogP contribution in [0.3, 0.4) is 0 Å². The first-order valence-electron chi connectivity index (χ1n) is 7.93. The van der Waals surface area contributed by atoms with Gasteiger partial charge in [-0.25, -0.2) is 0 Å². The zero-order valence-corrected chi connectivity index (χ0v) is 13.1. The molecule has 2 heterocycles. The van der Waals surface area contributed by atoms with E-state index in [4.69, 9.17) is 4.74 Å². The van der Waals surface area contributed by atoms with Gasteiger partial charge in [-0.15, -0.1) is 0 Å². The molecule has 0 bridgehead atoms. The molecule has 1 aromatic carbocycles. The molecule has 21 heavy (non-hydrogen) atoms. The van der Waals surface area contributed by atoms with Crippen LogP contribution in [0.25, 0.3) is 0 Å². The van der Waals surface area contributed by atoms with Gasteiger partial charge in [0.05, 0.1) is 12.2 Å². The van der Waals surface area contributed by atoms with Gasteiger partial charge in [0.15, 0.2) is 0 Å². The fourth-order valence-electron chi connectivity index (χ4n) is 3.43. The largest absolute Gasteiger partial charge is 0.493 e. The Bertz CT molecular complexity index is 506. The minimum Gasteiger partial charge on any atom is -0.493 e. The van der Waals surface area contributed by atoms with E-state index in [1.807, 2.05) is 0 Å². The van der Waals surface area contributed by atoms with Crippen molar-refractivity contribution < 1.29 is 9.84 Å². The highest BCUT2D eigenvalue weighted by Crippen LogP contribution is 2.32. The molecule has 0 saturated carbocycles. The average Bonchev–Trinajstić information content (AvgIpc) is 2.68. The smallest absolute Gasteiger partial charge is 0.124 e. The molecule has 1 saturated heterocycles. The number of benzene rings is 1. The zero-order valence-electron chi connectivity index (χ0n) is 13.1. The van der Waals surface area contributed by atoms with E-state index in [2.05, 4.69) is 42.4 Å². The molecule has 3 rings (SSSR count). The van der Waals surface area contributed by atoms with E-state index in [1.54, 1.807) is 0 Å². The van der Waals surface area contributed by atoms with Gasteiger partial charge in [0, 0.05) is 31.2 Å². The van der Waals surface area contributed by atoms with E-state index in [0.29, 0.717) is 6.54 Å². The zero-order chi connectivity index (χ0) is 14.9. The number of β-amino-alcohol motifs (C(OH)–C–C–N with tert-alkyl or cyclic N) is 1. The normalized spacial score (nSPS) is 29.8. The van der Waals surface area contributed by atoms with Crippen LogP contribution in [0.15, 0.2) is 18.2 Å². The van der Waals surface area contributed by atoms with Crippen LogP contribution in [0.5, 0.6) is 5.75 Å². The van der Waals surface area contributed by atoms with Crippen LogP contribution in [-0.2, 0) is 0 Å². The summed E-state index contributed by atoms with van der Waals surface area (Å²) in [6, 6.07) is 6.66. The van der Waals surface area contributed by atoms with Gasteiger partial charge in [-0.1, -0.05) is 17.7 Å². The van der Waals surface area contributed by atoms with Gasteiger partial charge >= 0.3 is 0 Å². The van der Waals surface area contributed by atoms with Crippen molar-refractivity contribution >= 4 is 0 Å². The topological polar surface area (TPSA) is 44.7 Å². The van der Waals surface area contributed by atoms with Crippen LogP contribution in [0, 0.1) is 6.92 Å². The lowest BCUT2D eigenvalue weighted by Crippen LogP contribution is -2.43. The van der Waals surface area contributed by atoms with E-state index in [-0.39, 0.29) is 6.04 Å². The highest BCUT2D eigenvalue weighted by atomic mass is 16.5. The number of nitrogens with zero attached hydrogens (tertiary/aromatic N) is 1. The molecule has 2 N–H and O–H groups in total. The van der Waals surface area contributed by atoms with Crippen molar-refractivity contribution in [2.75, 3.05) is 33.3 Å². The highest BCUT2D eigenvalue weighted by molar-refractivity contribution is 5.39. The summed E-state index contributed by atoms with van der Waals surface area (Å²) in [6.45, 7) is 5.27. The third-order valence-corrected chi connectivity index (χ3v) is 4.64. The minimum absolute atomic E-state index is 0.275. The molecular formula is C17H26N2O2. The SMILES string of the molecule is Cc1ccc2c(c1)[C@@H](NC[C@@]1(O)CCN(C)C1)CCCO2. The van der Waals surface area contributed by atoms with Crippen LogP contribution < -0.4 is 10.1 Å². The molecule has 0 amide bonds. The average molecular weight is 290 g/mol. The van der Waals surface area contributed by atoms with Crippen LogP contribution in [0.4, 0.5) is 0 Å². The molecule has 4 heteroatoms. The number of nitrogens with one attached hydrogen (secondary N) is 1. The number of likely N-dealkylation sites (tertiary alicyclic amines) is 1. The number of aliphatic hydroxyl groups is 1. The van der Waals surface area contributed by atoms with E-state index >= 15 is 0 Å². The van der Waals surface area contributed by atoms with Gasteiger partial charge in [-0.3, -0.25) is 0 Å². The first-order chi connectivity index (χ1) is 10.1. The summed E-state index contributed by atoms with van der Waals surface area (Å²) in [5.74, 6) is 0.992. The second-order valence-electron chi connectivity index (χ2n) is 6.68. The van der Waals surface area contributed by atoms with Crippen LogP contribution in [-0.4, -0.2) is 48.9 Å². The summed E-state index contributed by atoms with van der Waals surface area (Å²) in [6.07, 6.45) is 2.95. The monoisotopic (exact) mass is 290 g/mol. The third-order valence-electron chi connectivity index (χ3n) is 4.64.